The minimum atomic E-state index is -0.0570. The van der Waals surface area contributed by atoms with Crippen molar-refractivity contribution < 1.29 is 4.79 Å². The number of benzene rings is 2. The van der Waals surface area contributed by atoms with E-state index in [0.717, 1.165) is 58.8 Å². The molecule has 0 unspecified atom stereocenters. The Bertz CT molecular complexity index is 1730. The molecule has 0 bridgehead atoms. The van der Waals surface area contributed by atoms with Crippen LogP contribution in [0, 0.1) is 17.2 Å². The molecule has 2 aromatic heterocycles. The quantitative estimate of drug-likeness (QED) is 0.260. The zero-order chi connectivity index (χ0) is 28.8. The number of anilines is 1. The summed E-state index contributed by atoms with van der Waals surface area (Å²) in [5.41, 5.74) is 6.75. The molecule has 0 saturated heterocycles. The second-order valence-corrected chi connectivity index (χ2v) is 12.2. The van der Waals surface area contributed by atoms with E-state index >= 15 is 0 Å². The average molecular weight is 578 g/mol. The summed E-state index contributed by atoms with van der Waals surface area (Å²) in [6, 6.07) is 15.8. The fraction of sp³-hybridized carbons (Fsp3) is 0.364. The van der Waals surface area contributed by atoms with Crippen LogP contribution in [-0.4, -0.2) is 32.2 Å². The van der Waals surface area contributed by atoms with Gasteiger partial charge in [0.25, 0.3) is 5.91 Å². The van der Waals surface area contributed by atoms with Crippen LogP contribution in [0.2, 0.25) is 5.02 Å². The summed E-state index contributed by atoms with van der Waals surface area (Å²) in [7, 11) is 1.88. The van der Waals surface area contributed by atoms with Crippen LogP contribution in [-0.2, 0) is 20.1 Å². The summed E-state index contributed by atoms with van der Waals surface area (Å²) in [6.07, 6.45) is 9.03. The third kappa shape index (κ3) is 5.08. The molecule has 2 aliphatic carbocycles. The van der Waals surface area contributed by atoms with E-state index in [-0.39, 0.29) is 5.91 Å². The first-order valence-corrected chi connectivity index (χ1v) is 15.1. The number of nitriles is 1. The van der Waals surface area contributed by atoms with Gasteiger partial charge >= 0.3 is 0 Å². The number of nitrogens with one attached hydrogen (secondary N) is 1. The maximum atomic E-state index is 13.8. The van der Waals surface area contributed by atoms with E-state index in [0.29, 0.717) is 46.8 Å². The highest BCUT2D eigenvalue weighted by molar-refractivity contribution is 6.31. The highest BCUT2D eigenvalue weighted by atomic mass is 35.5. The molecule has 8 nitrogen and oxygen atoms in total. The number of halogens is 1. The lowest BCUT2D eigenvalue weighted by atomic mass is 9.96. The van der Waals surface area contributed by atoms with Gasteiger partial charge in [0.15, 0.2) is 5.82 Å². The SMILES string of the molecule is Cn1cnnc1-c1cc(C#N)ccc1-c1cc(C2CC2)nc(N2Cc3cc(Cl)c(CNCC4CCCC4)cc3C2=O)c1. The highest BCUT2D eigenvalue weighted by Crippen LogP contribution is 2.43. The molecular formula is C33H32ClN7O. The Morgan fingerprint density at radius 3 is 2.62 bits per heavy atom. The standard InChI is InChI=1S/C33H32ClN7O/c1-40-19-37-39-32(40)28-10-21(15-35)6-9-26(28)23-13-30(22-7-8-22)38-31(14-23)41-18-25-12-29(34)24(11-27(25)33(41)42)17-36-16-20-4-2-3-5-20/h6,9-14,19-20,22,36H,2-5,7-8,16-18H2,1H3. The molecule has 212 valence electrons. The third-order valence-electron chi connectivity index (χ3n) is 8.82. The molecule has 9 heteroatoms. The van der Waals surface area contributed by atoms with Gasteiger partial charge in [-0.1, -0.05) is 30.5 Å². The Kier molecular flexibility index (Phi) is 7.01. The number of carbonyl (C=O) groups is 1. The number of fused-ring (bicyclic) bond motifs is 1. The number of hydrogen-bond donors (Lipinski definition) is 1. The van der Waals surface area contributed by atoms with Crippen molar-refractivity contribution >= 4 is 23.3 Å². The lowest BCUT2D eigenvalue weighted by Gasteiger charge is -2.18. The van der Waals surface area contributed by atoms with Crippen molar-refractivity contribution in [1.29, 1.82) is 5.26 Å². The van der Waals surface area contributed by atoms with Gasteiger partial charge in [0, 0.05) is 41.4 Å². The number of rotatable bonds is 8. The van der Waals surface area contributed by atoms with E-state index in [4.69, 9.17) is 16.6 Å². The van der Waals surface area contributed by atoms with Gasteiger partial charge in [0.2, 0.25) is 0 Å². The van der Waals surface area contributed by atoms with Gasteiger partial charge in [-0.15, -0.1) is 10.2 Å². The molecule has 1 aliphatic heterocycles. The number of carbonyl (C=O) groups excluding carboxylic acids is 1. The van der Waals surface area contributed by atoms with Crippen molar-refractivity contribution in [2.45, 2.75) is 57.5 Å². The Morgan fingerprint density at radius 1 is 1.05 bits per heavy atom. The second kappa shape index (κ2) is 11.0. The van der Waals surface area contributed by atoms with Crippen molar-refractivity contribution in [1.82, 2.24) is 25.1 Å². The molecule has 4 aromatic rings. The van der Waals surface area contributed by atoms with Gasteiger partial charge in [-0.05, 0) is 96.8 Å². The van der Waals surface area contributed by atoms with Crippen molar-refractivity contribution in [2.24, 2.45) is 13.0 Å². The largest absolute Gasteiger partial charge is 0.317 e. The summed E-state index contributed by atoms with van der Waals surface area (Å²) < 4.78 is 1.84. The molecule has 2 saturated carbocycles. The molecule has 3 aliphatic rings. The number of aromatic nitrogens is 4. The third-order valence-corrected chi connectivity index (χ3v) is 9.17. The van der Waals surface area contributed by atoms with E-state index in [1.165, 1.54) is 25.7 Å². The maximum Gasteiger partial charge on any atom is 0.260 e. The van der Waals surface area contributed by atoms with Gasteiger partial charge in [-0.25, -0.2) is 4.98 Å². The van der Waals surface area contributed by atoms with Gasteiger partial charge in [0.1, 0.15) is 12.1 Å². The van der Waals surface area contributed by atoms with Crippen LogP contribution < -0.4 is 10.2 Å². The predicted octanol–water partition coefficient (Wildman–Crippen LogP) is 6.39. The Hall–Kier alpha value is -4.06. The van der Waals surface area contributed by atoms with E-state index in [1.54, 1.807) is 11.2 Å². The summed E-state index contributed by atoms with van der Waals surface area (Å²) in [5, 5.41) is 22.2. The summed E-state index contributed by atoms with van der Waals surface area (Å²) in [5.74, 6) is 2.35. The molecule has 3 heterocycles. The summed E-state index contributed by atoms with van der Waals surface area (Å²) in [6.45, 7) is 2.06. The first-order valence-electron chi connectivity index (χ1n) is 14.7. The van der Waals surface area contributed by atoms with Crippen molar-refractivity contribution in [3.8, 4) is 28.6 Å². The number of pyridine rings is 1. The molecule has 1 amide bonds. The number of amides is 1. The lowest BCUT2D eigenvalue weighted by Crippen LogP contribution is -2.24. The fourth-order valence-electron chi connectivity index (χ4n) is 6.32. The topological polar surface area (TPSA) is 99.7 Å². The van der Waals surface area contributed by atoms with Gasteiger partial charge in [0.05, 0.1) is 18.2 Å². The van der Waals surface area contributed by atoms with Crippen LogP contribution >= 0.6 is 11.6 Å². The van der Waals surface area contributed by atoms with Crippen LogP contribution in [0.1, 0.15) is 77.2 Å². The minimum Gasteiger partial charge on any atom is -0.317 e. The van der Waals surface area contributed by atoms with Crippen LogP contribution in [0.5, 0.6) is 0 Å². The van der Waals surface area contributed by atoms with E-state index in [1.807, 2.05) is 48.0 Å². The van der Waals surface area contributed by atoms with Gasteiger partial charge < -0.3 is 9.88 Å². The molecular weight excluding hydrogens is 546 g/mol. The summed E-state index contributed by atoms with van der Waals surface area (Å²) >= 11 is 6.71. The Balaban J connectivity index is 1.22. The summed E-state index contributed by atoms with van der Waals surface area (Å²) in [4.78, 5) is 20.6. The number of hydrogen-bond acceptors (Lipinski definition) is 6. The second-order valence-electron chi connectivity index (χ2n) is 11.8. The molecule has 42 heavy (non-hydrogen) atoms. The Morgan fingerprint density at radius 2 is 1.88 bits per heavy atom. The van der Waals surface area contributed by atoms with E-state index < -0.39 is 0 Å². The molecule has 1 N–H and O–H groups in total. The fourth-order valence-corrected chi connectivity index (χ4v) is 6.57. The number of aryl methyl sites for hydroxylation is 1. The average Bonchev–Trinajstić information content (AvgIpc) is 3.40. The number of nitrogens with zero attached hydrogens (tertiary/aromatic N) is 6. The maximum absolute atomic E-state index is 13.8. The molecule has 2 aromatic carbocycles. The van der Waals surface area contributed by atoms with Crippen molar-refractivity contribution in [3.63, 3.8) is 0 Å². The monoisotopic (exact) mass is 577 g/mol. The van der Waals surface area contributed by atoms with Crippen molar-refractivity contribution in [3.05, 3.63) is 81.8 Å². The smallest absolute Gasteiger partial charge is 0.260 e. The molecule has 0 atom stereocenters. The first-order chi connectivity index (χ1) is 20.5. The van der Waals surface area contributed by atoms with E-state index in [9.17, 15) is 10.1 Å². The zero-order valence-corrected chi connectivity index (χ0v) is 24.4. The zero-order valence-electron chi connectivity index (χ0n) is 23.6. The normalized spacial score (nSPS) is 16.7. The first kappa shape index (κ1) is 26.8. The predicted molar refractivity (Wildman–Crippen MR) is 162 cm³/mol. The molecule has 0 spiro atoms. The highest BCUT2D eigenvalue weighted by Gasteiger charge is 2.33. The molecule has 2 fully saturated rings. The van der Waals surface area contributed by atoms with Crippen LogP contribution in [0.15, 0.2) is 48.8 Å². The Labute approximate surface area is 250 Å². The van der Waals surface area contributed by atoms with Crippen LogP contribution in [0.25, 0.3) is 22.5 Å². The molecule has 0 radical (unpaired) electrons. The van der Waals surface area contributed by atoms with E-state index in [2.05, 4.69) is 27.6 Å². The molecule has 7 rings (SSSR count). The lowest BCUT2D eigenvalue weighted by molar-refractivity contribution is 0.0996. The minimum absolute atomic E-state index is 0.0570. The van der Waals surface area contributed by atoms with Gasteiger partial charge in [-0.2, -0.15) is 5.26 Å². The van der Waals surface area contributed by atoms with Crippen LogP contribution in [0.4, 0.5) is 5.82 Å². The van der Waals surface area contributed by atoms with Crippen molar-refractivity contribution in [2.75, 3.05) is 11.4 Å². The van der Waals surface area contributed by atoms with Crippen LogP contribution in [0.3, 0.4) is 0 Å². The van der Waals surface area contributed by atoms with Gasteiger partial charge in [-0.3, -0.25) is 9.69 Å².